The molecule has 3 rings (SSSR count). The van der Waals surface area contributed by atoms with Crippen LogP contribution >= 0.6 is 0 Å². The first-order chi connectivity index (χ1) is 13.2. The third kappa shape index (κ3) is 5.23. The van der Waals surface area contributed by atoms with Gasteiger partial charge in [0.2, 0.25) is 11.8 Å². The van der Waals surface area contributed by atoms with Crippen molar-refractivity contribution in [2.45, 2.75) is 32.6 Å². The van der Waals surface area contributed by atoms with Gasteiger partial charge in [0.05, 0.1) is 18.9 Å². The number of hydrogen-bond acceptors (Lipinski definition) is 4. The largest absolute Gasteiger partial charge is 0.494 e. The lowest BCUT2D eigenvalue weighted by Gasteiger charge is -2.17. The summed E-state index contributed by atoms with van der Waals surface area (Å²) in [5, 5.41) is 5.73. The van der Waals surface area contributed by atoms with Crippen molar-refractivity contribution >= 4 is 23.2 Å². The first-order valence-electron chi connectivity index (χ1n) is 9.23. The van der Waals surface area contributed by atoms with E-state index in [9.17, 15) is 9.59 Å². The molecule has 1 aliphatic heterocycles. The number of carbonyl (C=O) groups excluding carboxylic acids is 2. The van der Waals surface area contributed by atoms with Crippen LogP contribution in [0.2, 0.25) is 0 Å². The SMILES string of the molecule is CCOc1ccccc1NC(=O)CCCOc1ccc2c(c1)CCC(=O)N2. The normalized spacial score (nSPS) is 12.7. The van der Waals surface area contributed by atoms with Gasteiger partial charge in [-0.05, 0) is 55.7 Å². The molecule has 2 aromatic rings. The molecule has 142 valence electrons. The van der Waals surface area contributed by atoms with Gasteiger partial charge < -0.3 is 20.1 Å². The Labute approximate surface area is 158 Å². The zero-order chi connectivity index (χ0) is 19.1. The Hall–Kier alpha value is -3.02. The van der Waals surface area contributed by atoms with Gasteiger partial charge in [-0.25, -0.2) is 0 Å². The van der Waals surface area contributed by atoms with E-state index in [4.69, 9.17) is 9.47 Å². The fourth-order valence-corrected chi connectivity index (χ4v) is 2.94. The summed E-state index contributed by atoms with van der Waals surface area (Å²) in [4.78, 5) is 23.5. The Morgan fingerprint density at radius 1 is 1.15 bits per heavy atom. The molecule has 0 aromatic heterocycles. The summed E-state index contributed by atoms with van der Waals surface area (Å²) in [5.74, 6) is 1.41. The van der Waals surface area contributed by atoms with Gasteiger partial charge in [0, 0.05) is 18.5 Å². The molecule has 2 N–H and O–H groups in total. The summed E-state index contributed by atoms with van der Waals surface area (Å²) < 4.78 is 11.3. The number of ether oxygens (including phenoxy) is 2. The highest BCUT2D eigenvalue weighted by Gasteiger charge is 2.15. The lowest BCUT2D eigenvalue weighted by Crippen LogP contribution is -2.18. The number of rotatable bonds is 8. The van der Waals surface area contributed by atoms with E-state index in [0.717, 1.165) is 23.4 Å². The van der Waals surface area contributed by atoms with Crippen molar-refractivity contribution in [2.24, 2.45) is 0 Å². The molecule has 6 heteroatoms. The molecule has 1 aliphatic rings. The van der Waals surface area contributed by atoms with E-state index in [1.807, 2.05) is 49.4 Å². The predicted octanol–water partition coefficient (Wildman–Crippen LogP) is 3.77. The van der Waals surface area contributed by atoms with Gasteiger partial charge in [-0.15, -0.1) is 0 Å². The van der Waals surface area contributed by atoms with Crippen molar-refractivity contribution in [2.75, 3.05) is 23.8 Å². The van der Waals surface area contributed by atoms with Crippen LogP contribution in [0, 0.1) is 0 Å². The number of amides is 2. The van der Waals surface area contributed by atoms with Gasteiger partial charge in [-0.1, -0.05) is 12.1 Å². The molecule has 0 bridgehead atoms. The number of hydrogen-bond donors (Lipinski definition) is 2. The average Bonchev–Trinajstić information content (AvgIpc) is 2.67. The van der Waals surface area contributed by atoms with E-state index < -0.39 is 0 Å². The van der Waals surface area contributed by atoms with Crippen molar-refractivity contribution in [3.8, 4) is 11.5 Å². The predicted molar refractivity (Wildman–Crippen MR) is 104 cm³/mol. The maximum Gasteiger partial charge on any atom is 0.224 e. The van der Waals surface area contributed by atoms with Crippen molar-refractivity contribution in [3.05, 3.63) is 48.0 Å². The smallest absolute Gasteiger partial charge is 0.224 e. The van der Waals surface area contributed by atoms with Crippen molar-refractivity contribution in [1.82, 2.24) is 0 Å². The summed E-state index contributed by atoms with van der Waals surface area (Å²) in [6.45, 7) is 2.90. The minimum atomic E-state index is -0.0705. The molecule has 1 heterocycles. The van der Waals surface area contributed by atoms with Crippen LogP contribution in [0.4, 0.5) is 11.4 Å². The highest BCUT2D eigenvalue weighted by Crippen LogP contribution is 2.27. The number of aryl methyl sites for hydroxylation is 1. The number of benzene rings is 2. The van der Waals surface area contributed by atoms with Crippen LogP contribution in [0.5, 0.6) is 11.5 Å². The summed E-state index contributed by atoms with van der Waals surface area (Å²) in [5.41, 5.74) is 2.62. The molecule has 0 saturated carbocycles. The van der Waals surface area contributed by atoms with E-state index in [0.29, 0.717) is 43.9 Å². The molecule has 0 spiro atoms. The van der Waals surface area contributed by atoms with Crippen LogP contribution in [0.3, 0.4) is 0 Å². The van der Waals surface area contributed by atoms with Gasteiger partial charge >= 0.3 is 0 Å². The Morgan fingerprint density at radius 3 is 2.85 bits per heavy atom. The molecule has 6 nitrogen and oxygen atoms in total. The van der Waals surface area contributed by atoms with E-state index in [1.165, 1.54) is 0 Å². The Balaban J connectivity index is 1.44. The number of carbonyl (C=O) groups is 2. The molecular formula is C21H24N2O4. The highest BCUT2D eigenvalue weighted by molar-refractivity contribution is 5.94. The molecule has 2 amide bonds. The second-order valence-electron chi connectivity index (χ2n) is 6.30. The molecule has 0 saturated heterocycles. The monoisotopic (exact) mass is 368 g/mol. The standard InChI is InChI=1S/C21H24N2O4/c1-2-26-19-7-4-3-6-18(19)23-20(24)8-5-13-27-16-10-11-17-15(14-16)9-12-21(25)22-17/h3-4,6-7,10-11,14H,2,5,8-9,12-13H2,1H3,(H,22,25)(H,23,24). The van der Waals surface area contributed by atoms with E-state index >= 15 is 0 Å². The minimum absolute atomic E-state index is 0.0492. The number of anilines is 2. The molecule has 0 radical (unpaired) electrons. The summed E-state index contributed by atoms with van der Waals surface area (Å²) in [6.07, 6.45) is 2.19. The third-order valence-electron chi connectivity index (χ3n) is 4.25. The maximum atomic E-state index is 12.1. The van der Waals surface area contributed by atoms with Gasteiger partial charge in [0.1, 0.15) is 11.5 Å². The van der Waals surface area contributed by atoms with Gasteiger partial charge in [0.25, 0.3) is 0 Å². The lowest BCUT2D eigenvalue weighted by molar-refractivity contribution is -0.117. The van der Waals surface area contributed by atoms with Crippen molar-refractivity contribution < 1.29 is 19.1 Å². The summed E-state index contributed by atoms with van der Waals surface area (Å²) >= 11 is 0. The quantitative estimate of drug-likeness (QED) is 0.696. The van der Waals surface area contributed by atoms with Crippen LogP contribution in [0.15, 0.2) is 42.5 Å². The first kappa shape index (κ1) is 18.8. The van der Waals surface area contributed by atoms with Crippen molar-refractivity contribution in [3.63, 3.8) is 0 Å². The van der Waals surface area contributed by atoms with Gasteiger partial charge in [0.15, 0.2) is 0 Å². The van der Waals surface area contributed by atoms with Gasteiger partial charge in [-0.3, -0.25) is 9.59 Å². The van der Waals surface area contributed by atoms with E-state index in [-0.39, 0.29) is 11.8 Å². The van der Waals surface area contributed by atoms with Crippen LogP contribution in [0.1, 0.15) is 31.7 Å². The summed E-state index contributed by atoms with van der Waals surface area (Å²) in [7, 11) is 0. The molecule has 0 unspecified atom stereocenters. The summed E-state index contributed by atoms with van der Waals surface area (Å²) in [6, 6.07) is 13.0. The van der Waals surface area contributed by atoms with Crippen LogP contribution in [0.25, 0.3) is 0 Å². The van der Waals surface area contributed by atoms with Crippen LogP contribution in [-0.2, 0) is 16.0 Å². The molecule has 27 heavy (non-hydrogen) atoms. The zero-order valence-corrected chi connectivity index (χ0v) is 15.4. The van der Waals surface area contributed by atoms with E-state index in [1.54, 1.807) is 0 Å². The Morgan fingerprint density at radius 2 is 2.00 bits per heavy atom. The van der Waals surface area contributed by atoms with Crippen molar-refractivity contribution in [1.29, 1.82) is 0 Å². The second-order valence-corrected chi connectivity index (χ2v) is 6.30. The first-order valence-corrected chi connectivity index (χ1v) is 9.23. The van der Waals surface area contributed by atoms with E-state index in [2.05, 4.69) is 10.6 Å². The van der Waals surface area contributed by atoms with Crippen LogP contribution in [-0.4, -0.2) is 25.0 Å². The Kier molecular flexibility index (Phi) is 6.30. The number of nitrogens with one attached hydrogen (secondary N) is 2. The lowest BCUT2D eigenvalue weighted by atomic mass is 10.0. The molecule has 2 aromatic carbocycles. The maximum absolute atomic E-state index is 12.1. The third-order valence-corrected chi connectivity index (χ3v) is 4.25. The number of fused-ring (bicyclic) bond motifs is 1. The topological polar surface area (TPSA) is 76.7 Å². The molecule has 0 fully saturated rings. The van der Waals surface area contributed by atoms with Crippen LogP contribution < -0.4 is 20.1 Å². The average molecular weight is 368 g/mol. The molecule has 0 aliphatic carbocycles. The number of para-hydroxylation sites is 2. The Bertz CT molecular complexity index is 820. The highest BCUT2D eigenvalue weighted by atomic mass is 16.5. The second kappa shape index (κ2) is 9.07. The fraction of sp³-hybridized carbons (Fsp3) is 0.333. The minimum Gasteiger partial charge on any atom is -0.494 e. The molecular weight excluding hydrogens is 344 g/mol. The molecule has 0 atom stereocenters. The fourth-order valence-electron chi connectivity index (χ4n) is 2.94. The zero-order valence-electron chi connectivity index (χ0n) is 15.4. The van der Waals surface area contributed by atoms with Gasteiger partial charge in [-0.2, -0.15) is 0 Å².